The van der Waals surface area contributed by atoms with Gasteiger partial charge in [-0.3, -0.25) is 9.59 Å². The zero-order valence-corrected chi connectivity index (χ0v) is 15.7. The summed E-state index contributed by atoms with van der Waals surface area (Å²) in [5.74, 6) is 0.122. The summed E-state index contributed by atoms with van der Waals surface area (Å²) in [5, 5.41) is 5.49. The Kier molecular flexibility index (Phi) is 6.45. The molecule has 1 aliphatic rings. The van der Waals surface area contributed by atoms with Gasteiger partial charge in [-0.05, 0) is 49.1 Å². The van der Waals surface area contributed by atoms with Crippen LogP contribution >= 0.6 is 0 Å². The van der Waals surface area contributed by atoms with E-state index in [1.54, 1.807) is 31.4 Å². The zero-order chi connectivity index (χ0) is 18.4. The highest BCUT2D eigenvalue weighted by molar-refractivity contribution is 6.39. The van der Waals surface area contributed by atoms with E-state index in [1.807, 2.05) is 0 Å². The van der Waals surface area contributed by atoms with Crippen LogP contribution in [0.2, 0.25) is 0 Å². The zero-order valence-electron chi connectivity index (χ0n) is 15.7. The van der Waals surface area contributed by atoms with Gasteiger partial charge in [0.1, 0.15) is 5.75 Å². The van der Waals surface area contributed by atoms with Gasteiger partial charge in [0.05, 0.1) is 7.11 Å². The van der Waals surface area contributed by atoms with Gasteiger partial charge in [0.15, 0.2) is 0 Å². The molecule has 138 valence electrons. The Labute approximate surface area is 150 Å². The molecule has 2 N–H and O–H groups in total. The van der Waals surface area contributed by atoms with Crippen molar-refractivity contribution in [2.45, 2.75) is 58.9 Å². The fourth-order valence-electron chi connectivity index (χ4n) is 3.45. The average molecular weight is 346 g/mol. The van der Waals surface area contributed by atoms with Gasteiger partial charge in [0.25, 0.3) is 0 Å². The minimum absolute atomic E-state index is 0.0902. The Morgan fingerprint density at radius 2 is 1.84 bits per heavy atom. The summed E-state index contributed by atoms with van der Waals surface area (Å²) >= 11 is 0. The molecule has 0 aliphatic heterocycles. The van der Waals surface area contributed by atoms with Crippen molar-refractivity contribution in [3.63, 3.8) is 0 Å². The number of hydrogen-bond donors (Lipinski definition) is 2. The molecule has 0 radical (unpaired) electrons. The second-order valence-corrected chi connectivity index (χ2v) is 7.55. The number of nitrogens with one attached hydrogen (secondary N) is 2. The van der Waals surface area contributed by atoms with E-state index in [-0.39, 0.29) is 6.04 Å². The highest BCUT2D eigenvalue weighted by Gasteiger charge is 2.32. The van der Waals surface area contributed by atoms with E-state index in [2.05, 4.69) is 31.4 Å². The number of carbonyl (C=O) groups excluding carboxylic acids is 2. The Morgan fingerprint density at radius 3 is 2.44 bits per heavy atom. The Hall–Kier alpha value is -2.04. The molecule has 1 aromatic carbocycles. The standard InChI is InChI=1S/C20H30N2O3/c1-5-20(2,3)14-9-11-15(12-10-14)21-18(23)19(24)22-16-7-6-8-17(13-16)25-4/h6-8,13-15H,5,9-12H2,1-4H3,(H,21,23)(H,22,24). The van der Waals surface area contributed by atoms with Crippen molar-refractivity contribution in [1.29, 1.82) is 0 Å². The molecule has 1 saturated carbocycles. The van der Waals surface area contributed by atoms with Crippen LogP contribution < -0.4 is 15.4 Å². The van der Waals surface area contributed by atoms with Gasteiger partial charge < -0.3 is 15.4 Å². The highest BCUT2D eigenvalue weighted by atomic mass is 16.5. The summed E-state index contributed by atoms with van der Waals surface area (Å²) in [7, 11) is 1.56. The van der Waals surface area contributed by atoms with Crippen LogP contribution in [0.3, 0.4) is 0 Å². The van der Waals surface area contributed by atoms with E-state index in [0.717, 1.165) is 32.1 Å². The van der Waals surface area contributed by atoms with E-state index in [4.69, 9.17) is 4.74 Å². The largest absolute Gasteiger partial charge is 0.497 e. The van der Waals surface area contributed by atoms with Crippen molar-refractivity contribution in [3.8, 4) is 5.75 Å². The first-order chi connectivity index (χ1) is 11.9. The van der Waals surface area contributed by atoms with Crippen LogP contribution in [0.15, 0.2) is 24.3 Å². The predicted octanol–water partition coefficient (Wildman–Crippen LogP) is 3.74. The van der Waals surface area contributed by atoms with Gasteiger partial charge in [-0.1, -0.05) is 33.3 Å². The monoisotopic (exact) mass is 346 g/mol. The lowest BCUT2D eigenvalue weighted by Gasteiger charge is -2.39. The van der Waals surface area contributed by atoms with Crippen molar-refractivity contribution in [2.75, 3.05) is 12.4 Å². The van der Waals surface area contributed by atoms with Crippen LogP contribution in [0.1, 0.15) is 52.9 Å². The second-order valence-electron chi connectivity index (χ2n) is 7.55. The third kappa shape index (κ3) is 5.21. The molecule has 0 spiro atoms. The number of anilines is 1. The summed E-state index contributed by atoms with van der Waals surface area (Å²) in [4.78, 5) is 24.2. The lowest BCUT2D eigenvalue weighted by Crippen LogP contribution is -2.44. The fourth-order valence-corrected chi connectivity index (χ4v) is 3.45. The van der Waals surface area contributed by atoms with Crippen molar-refractivity contribution >= 4 is 17.5 Å². The molecule has 1 aromatic rings. The third-order valence-corrected chi connectivity index (χ3v) is 5.61. The molecule has 0 heterocycles. The van der Waals surface area contributed by atoms with Crippen molar-refractivity contribution in [3.05, 3.63) is 24.3 Å². The quantitative estimate of drug-likeness (QED) is 0.798. The first kappa shape index (κ1) is 19.3. The van der Waals surface area contributed by atoms with Crippen molar-refractivity contribution in [2.24, 2.45) is 11.3 Å². The Morgan fingerprint density at radius 1 is 1.16 bits per heavy atom. The van der Waals surface area contributed by atoms with Gasteiger partial charge in [-0.15, -0.1) is 0 Å². The maximum Gasteiger partial charge on any atom is 0.313 e. The molecule has 0 unspecified atom stereocenters. The topological polar surface area (TPSA) is 67.4 Å². The third-order valence-electron chi connectivity index (χ3n) is 5.61. The molecule has 1 aliphatic carbocycles. The molecule has 0 saturated heterocycles. The normalized spacial score (nSPS) is 20.6. The Bertz CT molecular complexity index is 605. The predicted molar refractivity (Wildman–Crippen MR) is 99.6 cm³/mol. The van der Waals surface area contributed by atoms with E-state index in [0.29, 0.717) is 22.8 Å². The minimum atomic E-state index is -0.635. The van der Waals surface area contributed by atoms with Gasteiger partial charge in [-0.2, -0.15) is 0 Å². The molecule has 5 nitrogen and oxygen atoms in total. The number of benzene rings is 1. The van der Waals surface area contributed by atoms with E-state index < -0.39 is 11.8 Å². The van der Waals surface area contributed by atoms with Crippen molar-refractivity contribution < 1.29 is 14.3 Å². The number of hydrogen-bond acceptors (Lipinski definition) is 3. The number of amides is 2. The molecule has 1 fully saturated rings. The van der Waals surface area contributed by atoms with Gasteiger partial charge in [0.2, 0.25) is 0 Å². The molecule has 0 aromatic heterocycles. The van der Waals surface area contributed by atoms with Gasteiger partial charge in [-0.25, -0.2) is 0 Å². The van der Waals surface area contributed by atoms with Gasteiger partial charge >= 0.3 is 11.8 Å². The molecule has 5 heteroatoms. The molecule has 2 amide bonds. The SMILES string of the molecule is CCC(C)(C)C1CCC(NC(=O)C(=O)Nc2cccc(OC)c2)CC1. The van der Waals surface area contributed by atoms with Crippen LogP contribution in [0, 0.1) is 11.3 Å². The first-order valence-electron chi connectivity index (χ1n) is 9.11. The minimum Gasteiger partial charge on any atom is -0.497 e. The molecule has 25 heavy (non-hydrogen) atoms. The second kappa shape index (κ2) is 8.37. The molecule has 0 atom stereocenters. The summed E-state index contributed by atoms with van der Waals surface area (Å²) in [5.41, 5.74) is 0.895. The molecule has 2 rings (SSSR count). The average Bonchev–Trinajstić information content (AvgIpc) is 2.62. The first-order valence-corrected chi connectivity index (χ1v) is 9.11. The maximum absolute atomic E-state index is 12.2. The maximum atomic E-state index is 12.2. The Balaban J connectivity index is 1.83. The van der Waals surface area contributed by atoms with E-state index >= 15 is 0 Å². The lowest BCUT2D eigenvalue weighted by atomic mass is 9.69. The smallest absolute Gasteiger partial charge is 0.313 e. The van der Waals surface area contributed by atoms with E-state index in [9.17, 15) is 9.59 Å². The lowest BCUT2D eigenvalue weighted by molar-refractivity contribution is -0.136. The van der Waals surface area contributed by atoms with Crippen LogP contribution in [0.4, 0.5) is 5.69 Å². The molecule has 0 bridgehead atoms. The fraction of sp³-hybridized carbons (Fsp3) is 0.600. The van der Waals surface area contributed by atoms with Crippen LogP contribution in [0.25, 0.3) is 0 Å². The van der Waals surface area contributed by atoms with Gasteiger partial charge in [0, 0.05) is 17.8 Å². The highest BCUT2D eigenvalue weighted by Crippen LogP contribution is 2.40. The van der Waals surface area contributed by atoms with Crippen LogP contribution in [0.5, 0.6) is 5.75 Å². The van der Waals surface area contributed by atoms with Crippen LogP contribution in [-0.2, 0) is 9.59 Å². The summed E-state index contributed by atoms with van der Waals surface area (Å²) in [6, 6.07) is 7.05. The number of ether oxygens (including phenoxy) is 1. The number of rotatable bonds is 5. The van der Waals surface area contributed by atoms with Crippen LogP contribution in [-0.4, -0.2) is 25.0 Å². The summed E-state index contributed by atoms with van der Waals surface area (Å²) < 4.78 is 5.11. The number of methoxy groups -OCH3 is 1. The van der Waals surface area contributed by atoms with Crippen molar-refractivity contribution in [1.82, 2.24) is 5.32 Å². The molecular weight excluding hydrogens is 316 g/mol. The molecular formula is C20H30N2O3. The summed E-state index contributed by atoms with van der Waals surface area (Å²) in [6.07, 6.45) is 5.24. The number of carbonyl (C=O) groups is 2. The summed E-state index contributed by atoms with van der Waals surface area (Å²) in [6.45, 7) is 6.87. The van der Waals surface area contributed by atoms with E-state index in [1.165, 1.54) is 0 Å².